The second-order valence-electron chi connectivity index (χ2n) is 5.21. The highest BCUT2D eigenvalue weighted by atomic mass is 79.9. The molecule has 0 N–H and O–H groups in total. The Hall–Kier alpha value is -2.64. The molecule has 0 aliphatic heterocycles. The minimum Gasteiger partial charge on any atom is -0.287 e. The van der Waals surface area contributed by atoms with Gasteiger partial charge in [0.05, 0.1) is 5.69 Å². The maximum atomic E-state index is 12.8. The molecule has 6 nitrogen and oxygen atoms in total. The van der Waals surface area contributed by atoms with Gasteiger partial charge in [-0.25, -0.2) is 9.97 Å². The molecule has 0 atom stereocenters. The minimum atomic E-state index is -0.233. The van der Waals surface area contributed by atoms with Gasteiger partial charge in [0.15, 0.2) is 11.2 Å². The number of carbonyl (C=O) groups excluding carboxylic acids is 1. The van der Waals surface area contributed by atoms with Gasteiger partial charge in [0, 0.05) is 15.1 Å². The molecule has 122 valence electrons. The molecule has 0 saturated heterocycles. The summed E-state index contributed by atoms with van der Waals surface area (Å²) in [5.41, 5.74) is 2.28. The predicted octanol–water partition coefficient (Wildman–Crippen LogP) is 3.86. The quantitative estimate of drug-likeness (QED) is 0.476. The van der Waals surface area contributed by atoms with E-state index < -0.39 is 0 Å². The van der Waals surface area contributed by atoms with Gasteiger partial charge in [-0.2, -0.15) is 4.68 Å². The first-order chi connectivity index (χ1) is 12.1. The number of rotatable bonds is 3. The molecule has 2 aromatic carbocycles. The van der Waals surface area contributed by atoms with E-state index in [0.29, 0.717) is 21.7 Å². The van der Waals surface area contributed by atoms with Crippen LogP contribution >= 0.6 is 27.5 Å². The van der Waals surface area contributed by atoms with E-state index in [1.54, 1.807) is 53.2 Å². The highest BCUT2D eigenvalue weighted by Crippen LogP contribution is 2.20. The van der Waals surface area contributed by atoms with Crippen LogP contribution in [0.4, 0.5) is 0 Å². The number of carbonyl (C=O) groups is 1. The first kappa shape index (κ1) is 15.9. The molecule has 8 heteroatoms. The second-order valence-corrected chi connectivity index (χ2v) is 6.56. The van der Waals surface area contributed by atoms with Crippen molar-refractivity contribution < 1.29 is 4.79 Å². The Morgan fingerprint density at radius 2 is 1.72 bits per heavy atom. The number of hydrogen-bond acceptors (Lipinski definition) is 5. The van der Waals surface area contributed by atoms with Gasteiger partial charge in [-0.05, 0) is 48.5 Å². The second kappa shape index (κ2) is 6.34. The van der Waals surface area contributed by atoms with E-state index in [2.05, 4.69) is 36.2 Å². The van der Waals surface area contributed by atoms with Gasteiger partial charge in [0.25, 0.3) is 0 Å². The molecular formula is C17H9BrClN5O. The summed E-state index contributed by atoms with van der Waals surface area (Å²) >= 11 is 9.27. The Labute approximate surface area is 155 Å². The Bertz CT molecular complexity index is 1080. The molecule has 0 spiro atoms. The lowest BCUT2D eigenvalue weighted by molar-refractivity contribution is 0.103. The van der Waals surface area contributed by atoms with Crippen molar-refractivity contribution in [3.05, 3.63) is 75.6 Å². The number of hydrogen-bond donors (Lipinski definition) is 0. The zero-order chi connectivity index (χ0) is 17.4. The summed E-state index contributed by atoms with van der Waals surface area (Å²) in [5.74, 6) is -0.233. The Kier molecular flexibility index (Phi) is 4.03. The first-order valence-electron chi connectivity index (χ1n) is 7.26. The van der Waals surface area contributed by atoms with Crippen LogP contribution < -0.4 is 0 Å². The molecule has 0 radical (unpaired) electrons. The molecule has 0 aliphatic rings. The van der Waals surface area contributed by atoms with Gasteiger partial charge >= 0.3 is 0 Å². The monoisotopic (exact) mass is 413 g/mol. The fraction of sp³-hybridized carbons (Fsp3) is 0. The topological polar surface area (TPSA) is 73.6 Å². The van der Waals surface area contributed by atoms with Crippen LogP contribution in [0.5, 0.6) is 0 Å². The summed E-state index contributed by atoms with van der Waals surface area (Å²) in [4.78, 5) is 21.1. The number of fused-ring (bicyclic) bond motifs is 1. The van der Waals surface area contributed by atoms with Gasteiger partial charge in [0.1, 0.15) is 12.0 Å². The summed E-state index contributed by atoms with van der Waals surface area (Å²) in [7, 11) is 0. The smallest absolute Gasteiger partial charge is 0.213 e. The van der Waals surface area contributed by atoms with E-state index in [4.69, 9.17) is 11.6 Å². The summed E-state index contributed by atoms with van der Waals surface area (Å²) in [6, 6.07) is 14.2. The van der Waals surface area contributed by atoms with Crippen LogP contribution in [0.2, 0.25) is 5.02 Å². The molecule has 25 heavy (non-hydrogen) atoms. The zero-order valence-electron chi connectivity index (χ0n) is 12.6. The van der Waals surface area contributed by atoms with Crippen molar-refractivity contribution in [2.45, 2.75) is 0 Å². The highest BCUT2D eigenvalue weighted by molar-refractivity contribution is 9.10. The van der Waals surface area contributed by atoms with Crippen molar-refractivity contribution >= 4 is 44.5 Å². The largest absolute Gasteiger partial charge is 0.287 e. The number of ketones is 1. The highest BCUT2D eigenvalue weighted by Gasteiger charge is 2.19. The first-order valence-corrected chi connectivity index (χ1v) is 8.43. The summed E-state index contributed by atoms with van der Waals surface area (Å²) in [6.45, 7) is 0. The molecule has 2 aromatic heterocycles. The average molecular weight is 415 g/mol. The average Bonchev–Trinajstić information content (AvgIpc) is 3.06. The van der Waals surface area contributed by atoms with Crippen molar-refractivity contribution in [1.29, 1.82) is 0 Å². The van der Waals surface area contributed by atoms with Crippen molar-refractivity contribution in [2.75, 3.05) is 0 Å². The van der Waals surface area contributed by atoms with E-state index in [0.717, 1.165) is 10.2 Å². The molecular weight excluding hydrogens is 406 g/mol. The molecule has 4 rings (SSSR count). The van der Waals surface area contributed by atoms with E-state index in [-0.39, 0.29) is 11.5 Å². The maximum absolute atomic E-state index is 12.8. The molecule has 0 saturated carbocycles. The van der Waals surface area contributed by atoms with E-state index in [9.17, 15) is 4.79 Å². The zero-order valence-corrected chi connectivity index (χ0v) is 14.9. The van der Waals surface area contributed by atoms with Crippen molar-refractivity contribution in [2.24, 2.45) is 0 Å². The Morgan fingerprint density at radius 1 is 1.00 bits per heavy atom. The maximum Gasteiger partial charge on any atom is 0.213 e. The third-order valence-electron chi connectivity index (χ3n) is 3.63. The van der Waals surface area contributed by atoms with Gasteiger partial charge < -0.3 is 0 Å². The van der Waals surface area contributed by atoms with E-state index in [1.807, 2.05) is 0 Å². The van der Waals surface area contributed by atoms with Gasteiger partial charge in [0.2, 0.25) is 5.78 Å². The van der Waals surface area contributed by atoms with Crippen molar-refractivity contribution in [3.63, 3.8) is 0 Å². The van der Waals surface area contributed by atoms with Gasteiger partial charge in [-0.15, -0.1) is 5.10 Å². The molecule has 0 bridgehead atoms. The molecule has 0 aliphatic carbocycles. The Morgan fingerprint density at radius 3 is 2.44 bits per heavy atom. The van der Waals surface area contributed by atoms with Gasteiger partial charge in [-0.3, -0.25) is 4.79 Å². The standard InChI is InChI=1S/C17H9BrClN5O/c18-11-3-1-10(2-4-11)16(25)14-15-17(21-9-20-14)24(23-22-15)13-7-5-12(19)6-8-13/h1-9H. The van der Waals surface area contributed by atoms with Crippen molar-refractivity contribution in [3.8, 4) is 5.69 Å². The van der Waals surface area contributed by atoms with Crippen LogP contribution in [0.1, 0.15) is 16.1 Å². The fourth-order valence-corrected chi connectivity index (χ4v) is 2.80. The number of nitrogens with zero attached hydrogens (tertiary/aromatic N) is 5. The van der Waals surface area contributed by atoms with Crippen LogP contribution in [0.15, 0.2) is 59.3 Å². The van der Waals surface area contributed by atoms with E-state index >= 15 is 0 Å². The number of halogens is 2. The minimum absolute atomic E-state index is 0.215. The predicted molar refractivity (Wildman–Crippen MR) is 97.0 cm³/mol. The summed E-state index contributed by atoms with van der Waals surface area (Å²) in [6.07, 6.45) is 1.34. The number of benzene rings is 2. The van der Waals surface area contributed by atoms with Crippen LogP contribution in [0, 0.1) is 0 Å². The Balaban J connectivity index is 1.82. The lowest BCUT2D eigenvalue weighted by atomic mass is 10.1. The molecule has 2 heterocycles. The summed E-state index contributed by atoms with van der Waals surface area (Å²) < 4.78 is 2.44. The normalized spacial score (nSPS) is 11.0. The van der Waals surface area contributed by atoms with Crippen LogP contribution in [0.25, 0.3) is 16.9 Å². The third kappa shape index (κ3) is 2.92. The van der Waals surface area contributed by atoms with Crippen LogP contribution in [0.3, 0.4) is 0 Å². The van der Waals surface area contributed by atoms with E-state index in [1.165, 1.54) is 6.33 Å². The SMILES string of the molecule is O=C(c1ccc(Br)cc1)c1ncnc2c1nnn2-c1ccc(Cl)cc1. The van der Waals surface area contributed by atoms with Crippen LogP contribution in [-0.4, -0.2) is 30.7 Å². The molecule has 4 aromatic rings. The lowest BCUT2D eigenvalue weighted by Gasteiger charge is -2.03. The lowest BCUT2D eigenvalue weighted by Crippen LogP contribution is -2.06. The fourth-order valence-electron chi connectivity index (χ4n) is 2.41. The molecule has 0 unspecified atom stereocenters. The summed E-state index contributed by atoms with van der Waals surface area (Å²) in [5, 5.41) is 8.83. The molecule has 0 fully saturated rings. The van der Waals surface area contributed by atoms with Gasteiger partial charge in [-0.1, -0.05) is 32.7 Å². The molecule has 0 amide bonds. The van der Waals surface area contributed by atoms with Crippen molar-refractivity contribution in [1.82, 2.24) is 25.0 Å². The number of aromatic nitrogens is 5. The van der Waals surface area contributed by atoms with Crippen LogP contribution in [-0.2, 0) is 0 Å². The third-order valence-corrected chi connectivity index (χ3v) is 4.41.